The number of amides is 3. The molecule has 2 aliphatic rings. The third-order valence-corrected chi connectivity index (χ3v) is 7.78. The molecule has 5 N–H and O–H groups in total. The summed E-state index contributed by atoms with van der Waals surface area (Å²) >= 11 is 0. The van der Waals surface area contributed by atoms with Crippen LogP contribution in [0.25, 0.3) is 0 Å². The van der Waals surface area contributed by atoms with E-state index in [0.29, 0.717) is 44.3 Å². The molecule has 1 fully saturated rings. The Kier molecular flexibility index (Phi) is 8.45. The quantitative estimate of drug-likeness (QED) is 0.273. The Morgan fingerprint density at radius 3 is 2.43 bits per heavy atom. The van der Waals surface area contributed by atoms with Crippen LogP contribution in [-0.4, -0.2) is 57.2 Å². The molecule has 3 amide bonds. The van der Waals surface area contributed by atoms with Crippen molar-refractivity contribution in [3.8, 4) is 5.75 Å². The maximum atomic E-state index is 13.8. The second-order valence-electron chi connectivity index (χ2n) is 10.2. The fourth-order valence-corrected chi connectivity index (χ4v) is 5.74. The summed E-state index contributed by atoms with van der Waals surface area (Å²) in [6.07, 6.45) is 1.55. The van der Waals surface area contributed by atoms with E-state index < -0.39 is 35.8 Å². The minimum atomic E-state index is -0.861. The third kappa shape index (κ3) is 6.29. The van der Waals surface area contributed by atoms with Crippen molar-refractivity contribution in [2.24, 2.45) is 17.8 Å². The lowest BCUT2D eigenvalue weighted by molar-refractivity contribution is -0.142. The molecule has 1 saturated heterocycles. The highest BCUT2D eigenvalue weighted by Gasteiger charge is 2.39. The van der Waals surface area contributed by atoms with Crippen LogP contribution in [0.3, 0.4) is 0 Å². The molecule has 1 aliphatic carbocycles. The number of carbonyl (C=O) groups excluding carboxylic acids is 3. The number of hydroxylamine groups is 1. The van der Waals surface area contributed by atoms with Crippen molar-refractivity contribution in [3.05, 3.63) is 65.2 Å². The Balaban J connectivity index is 1.59. The van der Waals surface area contributed by atoms with Crippen LogP contribution in [0.5, 0.6) is 5.75 Å². The molecule has 9 heteroatoms. The summed E-state index contributed by atoms with van der Waals surface area (Å²) in [6.45, 7) is 2.71. The highest BCUT2D eigenvalue weighted by Crippen LogP contribution is 2.34. The van der Waals surface area contributed by atoms with Crippen LogP contribution in [-0.2, 0) is 27.2 Å². The Labute approximate surface area is 216 Å². The Morgan fingerprint density at radius 2 is 1.76 bits per heavy atom. The van der Waals surface area contributed by atoms with Crippen molar-refractivity contribution in [1.29, 1.82) is 0 Å². The summed E-state index contributed by atoms with van der Waals surface area (Å²) in [5.41, 5.74) is 4.24. The number of aliphatic hydroxyl groups is 1. The third-order valence-electron chi connectivity index (χ3n) is 7.78. The average molecular weight is 510 g/mol. The number of aliphatic hydroxyl groups excluding tert-OH is 1. The second-order valence-corrected chi connectivity index (χ2v) is 10.2. The van der Waals surface area contributed by atoms with Crippen molar-refractivity contribution in [3.63, 3.8) is 0 Å². The first kappa shape index (κ1) is 26.6. The van der Waals surface area contributed by atoms with E-state index in [9.17, 15) is 29.8 Å². The maximum absolute atomic E-state index is 13.8. The number of phenolic OH excluding ortho intramolecular Hbond substituents is 1. The molecule has 0 aromatic heterocycles. The van der Waals surface area contributed by atoms with E-state index in [1.807, 2.05) is 24.3 Å². The van der Waals surface area contributed by atoms with Crippen LogP contribution >= 0.6 is 0 Å². The summed E-state index contributed by atoms with van der Waals surface area (Å²) in [7, 11) is 0. The van der Waals surface area contributed by atoms with Crippen molar-refractivity contribution in [2.75, 3.05) is 13.1 Å². The van der Waals surface area contributed by atoms with Crippen LogP contribution in [0.2, 0.25) is 0 Å². The molecule has 2 aromatic rings. The Morgan fingerprint density at radius 1 is 1.03 bits per heavy atom. The molecule has 37 heavy (non-hydrogen) atoms. The number of nitrogens with zero attached hydrogens (tertiary/aromatic N) is 1. The zero-order valence-corrected chi connectivity index (χ0v) is 21.0. The summed E-state index contributed by atoms with van der Waals surface area (Å²) in [6, 6.07) is 13.5. The SMILES string of the molecule is CC(=O)N1CCC(C[C@H](C(=O)NO)[C@@H](Cc2cccc(O)c2)C(=O)N[C@H]2c3ccccc3C[C@H]2O)CC1. The second kappa shape index (κ2) is 11.7. The molecule has 2 aromatic carbocycles. The largest absolute Gasteiger partial charge is 0.508 e. The van der Waals surface area contributed by atoms with Crippen molar-refractivity contribution >= 4 is 17.7 Å². The molecule has 1 aliphatic heterocycles. The minimum Gasteiger partial charge on any atom is -0.508 e. The molecule has 1 heterocycles. The first-order chi connectivity index (χ1) is 17.8. The number of phenols is 1. The molecule has 0 bridgehead atoms. The summed E-state index contributed by atoms with van der Waals surface area (Å²) in [5, 5.41) is 33.2. The smallest absolute Gasteiger partial charge is 0.247 e. The topological polar surface area (TPSA) is 139 Å². The van der Waals surface area contributed by atoms with Gasteiger partial charge in [-0.1, -0.05) is 36.4 Å². The molecule has 0 saturated carbocycles. The molecule has 4 atom stereocenters. The number of nitrogens with one attached hydrogen (secondary N) is 2. The number of likely N-dealkylation sites (tertiary alicyclic amines) is 1. The van der Waals surface area contributed by atoms with Gasteiger partial charge in [0, 0.05) is 26.4 Å². The van der Waals surface area contributed by atoms with Crippen molar-refractivity contribution in [2.45, 2.75) is 51.2 Å². The maximum Gasteiger partial charge on any atom is 0.247 e. The monoisotopic (exact) mass is 509 g/mol. The first-order valence-electron chi connectivity index (χ1n) is 12.8. The van der Waals surface area contributed by atoms with Gasteiger partial charge in [0.05, 0.1) is 24.0 Å². The van der Waals surface area contributed by atoms with Crippen LogP contribution in [0.4, 0.5) is 0 Å². The highest BCUT2D eigenvalue weighted by molar-refractivity contribution is 5.88. The minimum absolute atomic E-state index is 0.0136. The Hall–Kier alpha value is -3.43. The number of benzene rings is 2. The van der Waals surface area contributed by atoms with Gasteiger partial charge in [0.2, 0.25) is 17.7 Å². The number of hydrogen-bond acceptors (Lipinski definition) is 6. The zero-order chi connectivity index (χ0) is 26.5. The van der Waals surface area contributed by atoms with Gasteiger partial charge in [-0.25, -0.2) is 5.48 Å². The first-order valence-corrected chi connectivity index (χ1v) is 12.8. The lowest BCUT2D eigenvalue weighted by Crippen LogP contribution is -2.46. The number of fused-ring (bicyclic) bond motifs is 1. The lowest BCUT2D eigenvalue weighted by Gasteiger charge is -2.34. The van der Waals surface area contributed by atoms with Gasteiger partial charge in [0.15, 0.2) is 0 Å². The van der Waals surface area contributed by atoms with E-state index in [1.165, 1.54) is 13.0 Å². The molecule has 0 spiro atoms. The Bertz CT molecular complexity index is 1130. The standard InChI is InChI=1S/C28H35N3O6/c1-17(32)31-11-9-18(10-12-31)14-24(28(36)30-37)23(15-19-5-4-7-21(33)13-19)27(35)29-26-22-8-3-2-6-20(22)16-25(26)34/h2-8,13,18,23-26,33-34,37H,9-12,14-16H2,1H3,(H,29,35)(H,30,36)/t23-,24+,25-,26+/m1/s1. The average Bonchev–Trinajstić information content (AvgIpc) is 3.20. The lowest BCUT2D eigenvalue weighted by atomic mass is 9.77. The van der Waals surface area contributed by atoms with E-state index in [4.69, 9.17) is 0 Å². The molecule has 0 unspecified atom stereocenters. The van der Waals surface area contributed by atoms with Gasteiger partial charge in [-0.05, 0) is 60.4 Å². The van der Waals surface area contributed by atoms with Crippen LogP contribution in [0, 0.1) is 17.8 Å². The van der Waals surface area contributed by atoms with E-state index in [-0.39, 0.29) is 24.0 Å². The molecule has 0 radical (unpaired) electrons. The van der Waals surface area contributed by atoms with Gasteiger partial charge in [-0.3, -0.25) is 19.6 Å². The van der Waals surface area contributed by atoms with Gasteiger partial charge in [0.25, 0.3) is 0 Å². The molecule has 9 nitrogen and oxygen atoms in total. The molecule has 198 valence electrons. The van der Waals surface area contributed by atoms with Crippen molar-refractivity contribution in [1.82, 2.24) is 15.7 Å². The summed E-state index contributed by atoms with van der Waals surface area (Å²) in [5.74, 6) is -2.61. The number of hydrogen-bond donors (Lipinski definition) is 5. The molecular formula is C28H35N3O6. The van der Waals surface area contributed by atoms with Crippen molar-refractivity contribution < 1.29 is 29.8 Å². The number of rotatable bonds is 8. The predicted octanol–water partition coefficient (Wildman–Crippen LogP) is 2.10. The fraction of sp³-hybridized carbons (Fsp3) is 0.464. The van der Waals surface area contributed by atoms with E-state index in [1.54, 1.807) is 28.6 Å². The van der Waals surface area contributed by atoms with E-state index >= 15 is 0 Å². The predicted molar refractivity (Wildman–Crippen MR) is 135 cm³/mol. The van der Waals surface area contributed by atoms with Crippen LogP contribution < -0.4 is 10.8 Å². The van der Waals surface area contributed by atoms with E-state index in [0.717, 1.165) is 11.1 Å². The molecule has 4 rings (SSSR count). The van der Waals surface area contributed by atoms with Gasteiger partial charge in [0.1, 0.15) is 5.75 Å². The normalized spacial score (nSPS) is 21.1. The fourth-order valence-electron chi connectivity index (χ4n) is 5.74. The van der Waals surface area contributed by atoms with Gasteiger partial charge < -0.3 is 20.4 Å². The highest BCUT2D eigenvalue weighted by atomic mass is 16.5. The molecular weight excluding hydrogens is 474 g/mol. The van der Waals surface area contributed by atoms with Gasteiger partial charge in [-0.2, -0.15) is 0 Å². The number of carbonyl (C=O) groups is 3. The van der Waals surface area contributed by atoms with Gasteiger partial charge >= 0.3 is 0 Å². The van der Waals surface area contributed by atoms with E-state index in [2.05, 4.69) is 5.32 Å². The van der Waals surface area contributed by atoms with Crippen LogP contribution in [0.15, 0.2) is 48.5 Å². The number of aromatic hydroxyl groups is 1. The summed E-state index contributed by atoms with van der Waals surface area (Å²) in [4.78, 5) is 40.2. The number of piperidine rings is 1. The summed E-state index contributed by atoms with van der Waals surface area (Å²) < 4.78 is 0. The van der Waals surface area contributed by atoms with Gasteiger partial charge in [-0.15, -0.1) is 0 Å². The van der Waals surface area contributed by atoms with Crippen LogP contribution in [0.1, 0.15) is 48.9 Å². The zero-order valence-electron chi connectivity index (χ0n) is 21.0.